The summed E-state index contributed by atoms with van der Waals surface area (Å²) in [5.74, 6) is 4.05. The molecule has 0 aromatic carbocycles. The predicted octanol–water partition coefficient (Wildman–Crippen LogP) is 3.01. The molecule has 0 bridgehead atoms. The second kappa shape index (κ2) is 4.10. The first-order chi connectivity index (χ1) is 7.49. The summed E-state index contributed by atoms with van der Waals surface area (Å²) in [6, 6.07) is 0. The van der Waals surface area contributed by atoms with Crippen LogP contribution < -0.4 is 0 Å². The third kappa shape index (κ3) is 2.76. The van der Waals surface area contributed by atoms with Gasteiger partial charge in [0.2, 0.25) is 0 Å². The molecule has 3 heteroatoms. The molecule has 0 radical (unpaired) electrons. The van der Waals surface area contributed by atoms with Crippen molar-refractivity contribution in [2.75, 3.05) is 0 Å². The Morgan fingerprint density at radius 3 is 2.62 bits per heavy atom. The summed E-state index contributed by atoms with van der Waals surface area (Å²) in [7, 11) is -1.28. The molecule has 0 unspecified atom stereocenters. The van der Waals surface area contributed by atoms with Crippen LogP contribution in [0.3, 0.4) is 0 Å². The molecule has 1 aromatic rings. The van der Waals surface area contributed by atoms with Gasteiger partial charge in [-0.2, -0.15) is 5.10 Å². The molecule has 2 rings (SSSR count). The topological polar surface area (TPSA) is 17.8 Å². The maximum Gasteiger partial charge on any atom is 0.129 e. The predicted molar refractivity (Wildman–Crippen MR) is 70.1 cm³/mol. The van der Waals surface area contributed by atoms with Crippen molar-refractivity contribution in [2.24, 2.45) is 0 Å². The van der Waals surface area contributed by atoms with Gasteiger partial charge in [0.25, 0.3) is 0 Å². The number of hydrogen-bond donors (Lipinski definition) is 0. The summed E-state index contributed by atoms with van der Waals surface area (Å²) in [5.41, 5.74) is 5.85. The average Bonchev–Trinajstić information content (AvgIpc) is 2.95. The zero-order valence-electron chi connectivity index (χ0n) is 10.7. The van der Waals surface area contributed by atoms with Gasteiger partial charge in [-0.1, -0.05) is 25.6 Å². The molecule has 16 heavy (non-hydrogen) atoms. The Labute approximate surface area is 99.1 Å². The quantitative estimate of drug-likeness (QED) is 0.566. The molecule has 0 atom stereocenters. The first-order valence-corrected chi connectivity index (χ1v) is 9.60. The number of rotatable bonds is 2. The number of nitrogens with zero attached hydrogens (tertiary/aromatic N) is 2. The Morgan fingerprint density at radius 2 is 2.12 bits per heavy atom. The summed E-state index contributed by atoms with van der Waals surface area (Å²) in [6.07, 6.45) is 4.70. The fourth-order valence-corrected chi connectivity index (χ4v) is 2.12. The summed E-state index contributed by atoms with van der Waals surface area (Å²) in [5, 5.41) is 4.62. The van der Waals surface area contributed by atoms with E-state index in [0.29, 0.717) is 5.92 Å². The molecule has 0 N–H and O–H groups in total. The van der Waals surface area contributed by atoms with Gasteiger partial charge < -0.3 is 0 Å². The highest BCUT2D eigenvalue weighted by Gasteiger charge is 2.28. The van der Waals surface area contributed by atoms with Gasteiger partial charge in [-0.3, -0.25) is 4.68 Å². The third-order valence-electron chi connectivity index (χ3n) is 2.65. The van der Waals surface area contributed by atoms with Crippen LogP contribution in [0.4, 0.5) is 0 Å². The molecule has 1 aliphatic carbocycles. The van der Waals surface area contributed by atoms with Crippen LogP contribution in [0.5, 0.6) is 0 Å². The molecule has 0 aliphatic heterocycles. The molecule has 0 amide bonds. The molecule has 1 saturated carbocycles. The first kappa shape index (κ1) is 11.5. The van der Waals surface area contributed by atoms with Gasteiger partial charge in [0.1, 0.15) is 8.07 Å². The first-order valence-electron chi connectivity index (χ1n) is 6.10. The zero-order valence-corrected chi connectivity index (χ0v) is 11.7. The Kier molecular flexibility index (Phi) is 2.94. The van der Waals surface area contributed by atoms with E-state index < -0.39 is 8.07 Å². The Balaban J connectivity index is 2.30. The Morgan fingerprint density at radius 1 is 1.44 bits per heavy atom. The summed E-state index contributed by atoms with van der Waals surface area (Å²) >= 11 is 0. The molecule has 1 aromatic heterocycles. The van der Waals surface area contributed by atoms with Crippen LogP contribution >= 0.6 is 0 Å². The lowest BCUT2D eigenvalue weighted by molar-refractivity contribution is 0.647. The Bertz CT molecular complexity index is 439. The Hall–Kier alpha value is -1.01. The van der Waals surface area contributed by atoms with E-state index in [1.165, 1.54) is 24.1 Å². The zero-order chi connectivity index (χ0) is 11.8. The second-order valence-electron chi connectivity index (χ2n) is 5.56. The number of hydrogen-bond acceptors (Lipinski definition) is 1. The van der Waals surface area contributed by atoms with Crippen molar-refractivity contribution in [3.05, 3.63) is 17.5 Å². The van der Waals surface area contributed by atoms with E-state index in [0.717, 1.165) is 6.54 Å². The van der Waals surface area contributed by atoms with Gasteiger partial charge in [0, 0.05) is 18.7 Å². The highest BCUT2D eigenvalue weighted by Crippen LogP contribution is 2.40. The molecule has 0 saturated heterocycles. The largest absolute Gasteiger partial charge is 0.271 e. The monoisotopic (exact) mass is 232 g/mol. The standard InChI is InChI=1S/C13H20N2Si/c1-5-15-10-12(8-9-16(2,3)4)13(14-15)11-6-7-11/h10-11H,5-7H2,1-4H3. The molecule has 1 heterocycles. The van der Waals surface area contributed by atoms with E-state index in [1.54, 1.807) is 0 Å². The lowest BCUT2D eigenvalue weighted by Gasteiger charge is -2.03. The summed E-state index contributed by atoms with van der Waals surface area (Å²) in [4.78, 5) is 0. The van der Waals surface area contributed by atoms with Gasteiger partial charge >= 0.3 is 0 Å². The van der Waals surface area contributed by atoms with E-state index in [9.17, 15) is 0 Å². The minimum Gasteiger partial charge on any atom is -0.271 e. The smallest absolute Gasteiger partial charge is 0.129 e. The maximum absolute atomic E-state index is 4.62. The highest BCUT2D eigenvalue weighted by atomic mass is 28.3. The fourth-order valence-electron chi connectivity index (χ4n) is 1.61. The van der Waals surface area contributed by atoms with Gasteiger partial charge in [-0.25, -0.2) is 0 Å². The second-order valence-corrected chi connectivity index (χ2v) is 10.3. The lowest BCUT2D eigenvalue weighted by atomic mass is 10.2. The van der Waals surface area contributed by atoms with Crippen molar-refractivity contribution in [2.45, 2.75) is 51.9 Å². The van der Waals surface area contributed by atoms with Crippen molar-refractivity contribution < 1.29 is 0 Å². The number of aromatic nitrogens is 2. The van der Waals surface area contributed by atoms with Crippen molar-refractivity contribution >= 4 is 8.07 Å². The summed E-state index contributed by atoms with van der Waals surface area (Å²) < 4.78 is 2.02. The van der Waals surface area contributed by atoms with Crippen LogP contribution in [0.1, 0.15) is 36.9 Å². The van der Waals surface area contributed by atoms with Crippen LogP contribution in [0.25, 0.3) is 0 Å². The van der Waals surface area contributed by atoms with E-state index >= 15 is 0 Å². The molecule has 1 aliphatic rings. The highest BCUT2D eigenvalue weighted by molar-refractivity contribution is 6.83. The van der Waals surface area contributed by atoms with Gasteiger partial charge in [0.05, 0.1) is 11.3 Å². The fraction of sp³-hybridized carbons (Fsp3) is 0.615. The van der Waals surface area contributed by atoms with E-state index in [1.807, 2.05) is 4.68 Å². The normalized spacial score (nSPS) is 15.8. The van der Waals surface area contributed by atoms with Crippen molar-refractivity contribution in [3.63, 3.8) is 0 Å². The van der Waals surface area contributed by atoms with Crippen LogP contribution in [0.15, 0.2) is 6.20 Å². The molecular weight excluding hydrogens is 212 g/mol. The van der Waals surface area contributed by atoms with Gasteiger partial charge in [0.15, 0.2) is 0 Å². The van der Waals surface area contributed by atoms with E-state index in [4.69, 9.17) is 0 Å². The van der Waals surface area contributed by atoms with E-state index in [-0.39, 0.29) is 0 Å². The number of aryl methyl sites for hydroxylation is 1. The van der Waals surface area contributed by atoms with Crippen LogP contribution in [-0.4, -0.2) is 17.9 Å². The minimum atomic E-state index is -1.28. The van der Waals surface area contributed by atoms with Crippen LogP contribution in [0, 0.1) is 11.5 Å². The molecule has 0 spiro atoms. The molecule has 2 nitrogen and oxygen atoms in total. The van der Waals surface area contributed by atoms with Crippen molar-refractivity contribution in [1.29, 1.82) is 0 Å². The molecular formula is C13H20N2Si. The SMILES string of the molecule is CCn1cc(C#C[Si](C)(C)C)c(C2CC2)n1. The lowest BCUT2D eigenvalue weighted by Crippen LogP contribution is -2.16. The summed E-state index contributed by atoms with van der Waals surface area (Å²) in [6.45, 7) is 9.90. The van der Waals surface area contributed by atoms with E-state index in [2.05, 4.69) is 49.3 Å². The van der Waals surface area contributed by atoms with Crippen LogP contribution in [0.2, 0.25) is 19.6 Å². The van der Waals surface area contributed by atoms with Gasteiger partial charge in [-0.15, -0.1) is 5.54 Å². The van der Waals surface area contributed by atoms with Crippen molar-refractivity contribution in [1.82, 2.24) is 9.78 Å². The maximum atomic E-state index is 4.62. The average molecular weight is 232 g/mol. The van der Waals surface area contributed by atoms with Crippen LogP contribution in [-0.2, 0) is 6.54 Å². The molecule has 1 fully saturated rings. The minimum absolute atomic E-state index is 0.693. The molecule has 86 valence electrons. The van der Waals surface area contributed by atoms with Crippen molar-refractivity contribution in [3.8, 4) is 11.5 Å². The van der Waals surface area contributed by atoms with Gasteiger partial charge in [-0.05, 0) is 19.8 Å². The third-order valence-corrected chi connectivity index (χ3v) is 3.53.